The molecular weight excluding hydrogens is 601 g/mol. The number of carbonyl (C=O) groups excluding carboxylic acids is 2. The summed E-state index contributed by atoms with van der Waals surface area (Å²) in [5.41, 5.74) is 3.41. The summed E-state index contributed by atoms with van der Waals surface area (Å²) < 4.78 is 29.7. The second-order valence-corrected chi connectivity index (χ2v) is 15.4. The molecule has 2 aromatic rings. The molecule has 1 unspecified atom stereocenters. The topological polar surface area (TPSA) is 130 Å². The van der Waals surface area contributed by atoms with Gasteiger partial charge in [0.05, 0.1) is 12.4 Å². The van der Waals surface area contributed by atoms with Crippen LogP contribution < -0.4 is 5.32 Å². The van der Waals surface area contributed by atoms with Crippen molar-refractivity contribution in [2.45, 2.75) is 70.6 Å². The predicted molar refractivity (Wildman–Crippen MR) is 174 cm³/mol. The highest BCUT2D eigenvalue weighted by molar-refractivity contribution is 7.99. The molecule has 2 N–H and O–H groups in total. The van der Waals surface area contributed by atoms with Crippen molar-refractivity contribution in [1.82, 2.24) is 10.2 Å². The third kappa shape index (κ3) is 9.81. The van der Waals surface area contributed by atoms with Gasteiger partial charge >= 0.3 is 5.97 Å². The summed E-state index contributed by atoms with van der Waals surface area (Å²) in [4.78, 5) is 40.8. The number of aliphatic carboxylic acids is 1. The summed E-state index contributed by atoms with van der Waals surface area (Å²) in [6.07, 6.45) is 6.82. The molecule has 240 valence electrons. The van der Waals surface area contributed by atoms with E-state index in [1.54, 1.807) is 12.1 Å². The molecule has 0 aromatic heterocycles. The molecule has 2 aliphatic rings. The van der Waals surface area contributed by atoms with Gasteiger partial charge in [-0.2, -0.15) is 11.8 Å². The summed E-state index contributed by atoms with van der Waals surface area (Å²) >= 11 is 1.86. The zero-order chi connectivity index (χ0) is 31.7. The third-order valence-electron chi connectivity index (χ3n) is 8.47. The van der Waals surface area contributed by atoms with Crippen LogP contribution in [-0.2, 0) is 30.8 Å². The van der Waals surface area contributed by atoms with E-state index in [9.17, 15) is 27.9 Å². The van der Waals surface area contributed by atoms with Crippen LogP contribution in [0.25, 0.3) is 11.1 Å². The Kier molecular flexibility index (Phi) is 12.3. The summed E-state index contributed by atoms with van der Waals surface area (Å²) in [7, 11) is -3.41. The van der Waals surface area contributed by atoms with E-state index >= 15 is 0 Å². The lowest BCUT2D eigenvalue weighted by Crippen LogP contribution is -2.45. The van der Waals surface area contributed by atoms with Gasteiger partial charge in [0.25, 0.3) is 11.8 Å². The van der Waals surface area contributed by atoms with Crippen LogP contribution >= 0.6 is 11.8 Å². The van der Waals surface area contributed by atoms with E-state index in [-0.39, 0.29) is 30.3 Å². The smallest absolute Gasteiger partial charge is 0.326 e. The normalized spacial score (nSPS) is 17.5. The van der Waals surface area contributed by atoms with Crippen LogP contribution in [0.1, 0.15) is 66.4 Å². The maximum absolute atomic E-state index is 13.6. The number of thioether (sulfide) groups is 1. The van der Waals surface area contributed by atoms with E-state index in [4.69, 9.17) is 4.74 Å². The summed E-state index contributed by atoms with van der Waals surface area (Å²) in [6, 6.07) is 11.5. The molecule has 0 radical (unpaired) electrons. The van der Waals surface area contributed by atoms with Gasteiger partial charge in [-0.3, -0.25) is 9.59 Å². The molecular formula is C33H44N2O7S2. The van der Waals surface area contributed by atoms with Crippen LogP contribution in [0.5, 0.6) is 0 Å². The number of nitrogens with one attached hydrogen (secondary N) is 1. The van der Waals surface area contributed by atoms with Gasteiger partial charge in [-0.05, 0) is 60.1 Å². The maximum Gasteiger partial charge on any atom is 0.326 e. The van der Waals surface area contributed by atoms with Gasteiger partial charge in [0.2, 0.25) is 0 Å². The molecule has 4 rings (SSSR count). The van der Waals surface area contributed by atoms with E-state index in [2.05, 4.69) is 5.32 Å². The van der Waals surface area contributed by atoms with Gasteiger partial charge < -0.3 is 20.1 Å². The van der Waals surface area contributed by atoms with Crippen molar-refractivity contribution in [1.29, 1.82) is 0 Å². The van der Waals surface area contributed by atoms with Gasteiger partial charge in [-0.1, -0.05) is 62.4 Å². The summed E-state index contributed by atoms with van der Waals surface area (Å²) in [5, 5.41) is 12.2. The Morgan fingerprint density at radius 1 is 1.05 bits per heavy atom. The van der Waals surface area contributed by atoms with Crippen LogP contribution in [0.4, 0.5) is 0 Å². The standard InChI is InChI=1S/C33H44N2O7S2/c1-23-8-6-7-11-26(23)28-20-25(12-13-27(28)31(36)34-29(33(38)39)14-19-44(2,40)41)22-42-30(21-24-9-4-3-5-10-24)32(37)35-15-17-43-18-16-35/h6-8,11-13,20,24,29-30H,3-5,9-10,14-19,21-22H2,1-2H3,(H,34,36)(H,38,39)/t29-,30?/m0/s1. The number of carboxylic acid groups (broad SMARTS) is 1. The Labute approximate surface area is 265 Å². The van der Waals surface area contributed by atoms with Gasteiger partial charge in [0, 0.05) is 36.4 Å². The van der Waals surface area contributed by atoms with E-state index < -0.39 is 33.9 Å². The summed E-state index contributed by atoms with van der Waals surface area (Å²) in [6.45, 7) is 3.59. The number of aryl methyl sites for hydroxylation is 1. The third-order valence-corrected chi connectivity index (χ3v) is 10.4. The number of sulfone groups is 1. The van der Waals surface area contributed by atoms with Crippen LogP contribution in [-0.4, -0.2) is 85.0 Å². The fraction of sp³-hybridized carbons (Fsp3) is 0.545. The molecule has 2 aromatic carbocycles. The minimum atomic E-state index is -3.41. The van der Waals surface area contributed by atoms with E-state index in [1.807, 2.05) is 53.9 Å². The van der Waals surface area contributed by atoms with Crippen molar-refractivity contribution in [3.63, 3.8) is 0 Å². The monoisotopic (exact) mass is 644 g/mol. The van der Waals surface area contributed by atoms with Gasteiger partial charge in [-0.15, -0.1) is 0 Å². The number of hydrogen-bond donors (Lipinski definition) is 2. The van der Waals surface area contributed by atoms with Crippen molar-refractivity contribution in [2.24, 2.45) is 5.92 Å². The zero-order valence-electron chi connectivity index (χ0n) is 25.6. The molecule has 11 heteroatoms. The first kappa shape index (κ1) is 34.0. The fourth-order valence-electron chi connectivity index (χ4n) is 5.95. The Morgan fingerprint density at radius 2 is 1.75 bits per heavy atom. The lowest BCUT2D eigenvalue weighted by Gasteiger charge is -2.32. The van der Waals surface area contributed by atoms with Crippen molar-refractivity contribution in [2.75, 3.05) is 36.6 Å². The van der Waals surface area contributed by atoms with Crippen LogP contribution in [0, 0.1) is 12.8 Å². The second kappa shape index (κ2) is 15.9. The maximum atomic E-state index is 13.6. The first-order chi connectivity index (χ1) is 21.0. The Balaban J connectivity index is 1.57. The van der Waals surface area contributed by atoms with Crippen LogP contribution in [0.2, 0.25) is 0 Å². The van der Waals surface area contributed by atoms with E-state index in [1.165, 1.54) is 19.3 Å². The highest BCUT2D eigenvalue weighted by Crippen LogP contribution is 2.31. The molecule has 2 atom stereocenters. The molecule has 44 heavy (non-hydrogen) atoms. The molecule has 2 amide bonds. The van der Waals surface area contributed by atoms with Crippen molar-refractivity contribution in [3.8, 4) is 11.1 Å². The number of ether oxygens (including phenoxy) is 1. The molecule has 9 nitrogen and oxygen atoms in total. The van der Waals surface area contributed by atoms with Gasteiger partial charge in [0.1, 0.15) is 22.0 Å². The average molecular weight is 645 g/mol. The summed E-state index contributed by atoms with van der Waals surface area (Å²) in [5.74, 6) is 0.123. The van der Waals surface area contributed by atoms with Crippen molar-refractivity contribution in [3.05, 3.63) is 59.2 Å². The number of rotatable bonds is 13. The van der Waals surface area contributed by atoms with Crippen molar-refractivity contribution < 1.29 is 32.6 Å². The zero-order valence-corrected chi connectivity index (χ0v) is 27.3. The molecule has 0 bridgehead atoms. The minimum absolute atomic E-state index is 0.0554. The molecule has 0 spiro atoms. The Bertz CT molecular complexity index is 1420. The van der Waals surface area contributed by atoms with E-state index in [0.717, 1.165) is 60.4 Å². The fourth-order valence-corrected chi connectivity index (χ4v) is 7.52. The minimum Gasteiger partial charge on any atom is -0.480 e. The number of nitrogens with zero attached hydrogens (tertiary/aromatic N) is 1. The molecule has 1 heterocycles. The molecule has 2 fully saturated rings. The van der Waals surface area contributed by atoms with Gasteiger partial charge in [-0.25, -0.2) is 13.2 Å². The van der Waals surface area contributed by atoms with Crippen LogP contribution in [0.3, 0.4) is 0 Å². The predicted octanol–water partition coefficient (Wildman–Crippen LogP) is 4.71. The largest absolute Gasteiger partial charge is 0.480 e. The van der Waals surface area contributed by atoms with Crippen molar-refractivity contribution >= 4 is 39.4 Å². The number of benzene rings is 2. The number of carbonyl (C=O) groups is 3. The number of hydrogen-bond acceptors (Lipinski definition) is 7. The SMILES string of the molecule is Cc1ccccc1-c1cc(COC(CC2CCCCC2)C(=O)N2CCSCC2)ccc1C(=O)N[C@@H](CCS(C)(=O)=O)C(=O)O. The Morgan fingerprint density at radius 3 is 2.41 bits per heavy atom. The highest BCUT2D eigenvalue weighted by atomic mass is 32.2. The molecule has 1 saturated heterocycles. The number of carboxylic acids is 1. The average Bonchev–Trinajstić information content (AvgIpc) is 3.01. The molecule has 1 aliphatic heterocycles. The molecule has 1 aliphatic carbocycles. The van der Waals surface area contributed by atoms with E-state index in [0.29, 0.717) is 17.9 Å². The lowest BCUT2D eigenvalue weighted by molar-refractivity contribution is -0.145. The second-order valence-electron chi connectivity index (χ2n) is 12.0. The first-order valence-corrected chi connectivity index (χ1v) is 18.6. The Hall–Kier alpha value is -2.89. The van der Waals surface area contributed by atoms with Gasteiger partial charge in [0.15, 0.2) is 0 Å². The highest BCUT2D eigenvalue weighted by Gasteiger charge is 2.30. The molecule has 1 saturated carbocycles. The number of amides is 2. The van der Waals surface area contributed by atoms with Crippen LogP contribution in [0.15, 0.2) is 42.5 Å². The lowest BCUT2D eigenvalue weighted by atomic mass is 9.85. The first-order valence-electron chi connectivity index (χ1n) is 15.4. The quantitative estimate of drug-likeness (QED) is 0.321.